The molecule has 116 valence electrons. The highest BCUT2D eigenvalue weighted by molar-refractivity contribution is 6.25. The molecule has 1 rings (SSSR count). The Balaban J connectivity index is 2.99. The number of carbonyl (C=O) groups is 2. The zero-order chi connectivity index (χ0) is 16.0. The van der Waals surface area contributed by atoms with E-state index in [1.807, 2.05) is 19.1 Å². The molecule has 1 aliphatic rings. The number of aliphatic hydroxyl groups excluding tert-OH is 1. The van der Waals surface area contributed by atoms with Crippen LogP contribution in [0.2, 0.25) is 0 Å². The van der Waals surface area contributed by atoms with E-state index >= 15 is 0 Å². The minimum absolute atomic E-state index is 0.0859. The number of methoxy groups -OCH3 is 1. The molecule has 0 saturated carbocycles. The maximum atomic E-state index is 12.4. The number of hydrogen-bond acceptors (Lipinski definition) is 5. The highest BCUT2D eigenvalue weighted by atomic mass is 16.7. The average Bonchev–Trinajstić information content (AvgIpc) is 2.66. The molecule has 0 aromatic heterocycles. The molecule has 1 heterocycles. The Morgan fingerprint density at radius 1 is 1.48 bits per heavy atom. The van der Waals surface area contributed by atoms with Crippen LogP contribution >= 0.6 is 0 Å². The van der Waals surface area contributed by atoms with E-state index in [2.05, 4.69) is 0 Å². The summed E-state index contributed by atoms with van der Waals surface area (Å²) in [5, 5.41) is 9.30. The Labute approximate surface area is 124 Å². The van der Waals surface area contributed by atoms with Crippen LogP contribution in [-0.4, -0.2) is 35.5 Å². The molecule has 5 nitrogen and oxygen atoms in total. The van der Waals surface area contributed by atoms with Gasteiger partial charge in [0.25, 0.3) is 5.95 Å². The summed E-state index contributed by atoms with van der Waals surface area (Å²) in [7, 11) is 1.34. The summed E-state index contributed by atoms with van der Waals surface area (Å²) in [6.07, 6.45) is 6.95. The fourth-order valence-corrected chi connectivity index (χ4v) is 1.95. The molecule has 0 aromatic rings. The number of allylic oxidation sites excluding steroid dienone is 3. The van der Waals surface area contributed by atoms with Crippen LogP contribution in [0.15, 0.2) is 35.8 Å². The van der Waals surface area contributed by atoms with Gasteiger partial charge in [0, 0.05) is 6.42 Å². The molecule has 0 saturated heterocycles. The maximum Gasteiger partial charge on any atom is 0.295 e. The highest BCUT2D eigenvalue weighted by Crippen LogP contribution is 2.33. The van der Waals surface area contributed by atoms with Gasteiger partial charge in [-0.15, -0.1) is 0 Å². The van der Waals surface area contributed by atoms with Gasteiger partial charge in [0.05, 0.1) is 13.2 Å². The van der Waals surface area contributed by atoms with Crippen LogP contribution < -0.4 is 0 Å². The van der Waals surface area contributed by atoms with Crippen molar-refractivity contribution in [2.75, 3.05) is 7.11 Å². The van der Waals surface area contributed by atoms with Crippen LogP contribution in [0.3, 0.4) is 0 Å². The summed E-state index contributed by atoms with van der Waals surface area (Å²) in [5.74, 6) is -1.02. The topological polar surface area (TPSA) is 72.8 Å². The summed E-state index contributed by atoms with van der Waals surface area (Å²) < 4.78 is 10.5. The third-order valence-electron chi connectivity index (χ3n) is 3.03. The number of hydrogen-bond donors (Lipinski definition) is 1. The normalized spacial score (nSPS) is 24.0. The number of carbonyl (C=O) groups excluding carboxylic acids is 2. The van der Waals surface area contributed by atoms with Gasteiger partial charge in [-0.3, -0.25) is 9.59 Å². The second-order valence-electron chi connectivity index (χ2n) is 5.08. The van der Waals surface area contributed by atoms with E-state index in [0.717, 1.165) is 6.42 Å². The SMILES string of the molecule is CC/C=C/C=C/[C@]1(C)OC(OC)=C(C(=O)CC(C)O)C1=O. The van der Waals surface area contributed by atoms with E-state index in [1.54, 1.807) is 19.1 Å². The Kier molecular flexibility index (Phi) is 5.90. The number of rotatable bonds is 7. The lowest BCUT2D eigenvalue weighted by atomic mass is 9.93. The van der Waals surface area contributed by atoms with Crippen molar-refractivity contribution in [3.05, 3.63) is 35.8 Å². The van der Waals surface area contributed by atoms with Crippen molar-refractivity contribution < 1.29 is 24.2 Å². The Hall–Kier alpha value is -1.88. The molecule has 0 spiro atoms. The zero-order valence-electron chi connectivity index (χ0n) is 12.9. The van der Waals surface area contributed by atoms with Crippen LogP contribution in [0.4, 0.5) is 0 Å². The highest BCUT2D eigenvalue weighted by Gasteiger charge is 2.47. The van der Waals surface area contributed by atoms with E-state index in [9.17, 15) is 14.7 Å². The van der Waals surface area contributed by atoms with E-state index in [-0.39, 0.29) is 17.9 Å². The van der Waals surface area contributed by atoms with Crippen LogP contribution in [-0.2, 0) is 19.1 Å². The summed E-state index contributed by atoms with van der Waals surface area (Å²) in [6, 6.07) is 0. The van der Waals surface area contributed by atoms with Crippen molar-refractivity contribution in [1.82, 2.24) is 0 Å². The fraction of sp³-hybridized carbons (Fsp3) is 0.500. The maximum absolute atomic E-state index is 12.4. The fourth-order valence-electron chi connectivity index (χ4n) is 1.95. The van der Waals surface area contributed by atoms with Gasteiger partial charge in [0.1, 0.15) is 5.57 Å². The molecular weight excluding hydrogens is 272 g/mol. The van der Waals surface area contributed by atoms with E-state index in [4.69, 9.17) is 9.47 Å². The summed E-state index contributed by atoms with van der Waals surface area (Å²) in [6.45, 7) is 5.06. The second-order valence-corrected chi connectivity index (χ2v) is 5.08. The largest absolute Gasteiger partial charge is 0.468 e. The lowest BCUT2D eigenvalue weighted by molar-refractivity contribution is -0.128. The Morgan fingerprint density at radius 3 is 2.67 bits per heavy atom. The first-order chi connectivity index (χ1) is 9.85. The number of ketones is 2. The van der Waals surface area contributed by atoms with Gasteiger partial charge >= 0.3 is 0 Å². The quantitative estimate of drug-likeness (QED) is 0.575. The van der Waals surface area contributed by atoms with Crippen LogP contribution in [0.5, 0.6) is 0 Å². The van der Waals surface area contributed by atoms with Crippen molar-refractivity contribution in [1.29, 1.82) is 0 Å². The van der Waals surface area contributed by atoms with E-state index < -0.39 is 23.3 Å². The van der Waals surface area contributed by atoms with Crippen LogP contribution in [0, 0.1) is 0 Å². The van der Waals surface area contributed by atoms with Gasteiger partial charge in [-0.25, -0.2) is 0 Å². The Bertz CT molecular complexity index is 499. The molecule has 1 N–H and O–H groups in total. The summed E-state index contributed by atoms with van der Waals surface area (Å²) in [4.78, 5) is 24.5. The molecule has 0 aromatic carbocycles. The molecule has 2 atom stereocenters. The van der Waals surface area contributed by atoms with Gasteiger partial charge in [-0.1, -0.05) is 25.2 Å². The molecular formula is C16H22O5. The predicted molar refractivity (Wildman–Crippen MR) is 78.4 cm³/mol. The molecule has 1 aliphatic heterocycles. The standard InChI is InChI=1S/C16H22O5/c1-5-6-7-8-9-16(3)14(19)13(15(20-4)21-16)12(18)10-11(2)17/h6-9,11,17H,5,10H2,1-4H3/b7-6+,9-8+/t11?,16-/m0/s1. The lowest BCUT2D eigenvalue weighted by Crippen LogP contribution is -2.33. The Morgan fingerprint density at radius 2 is 2.14 bits per heavy atom. The molecule has 1 unspecified atom stereocenters. The van der Waals surface area contributed by atoms with Gasteiger partial charge < -0.3 is 14.6 Å². The van der Waals surface area contributed by atoms with Gasteiger partial charge in [0.15, 0.2) is 11.4 Å². The minimum Gasteiger partial charge on any atom is -0.468 e. The minimum atomic E-state index is -1.26. The van der Waals surface area contributed by atoms with Crippen LogP contribution in [0.25, 0.3) is 0 Å². The van der Waals surface area contributed by atoms with Crippen molar-refractivity contribution in [2.24, 2.45) is 0 Å². The first kappa shape index (κ1) is 17.2. The van der Waals surface area contributed by atoms with Gasteiger partial charge in [0.2, 0.25) is 5.78 Å². The summed E-state index contributed by atoms with van der Waals surface area (Å²) in [5.41, 5.74) is -1.38. The molecule has 0 amide bonds. The molecule has 5 heteroatoms. The molecule has 0 aliphatic carbocycles. The van der Waals surface area contributed by atoms with Crippen molar-refractivity contribution in [3.63, 3.8) is 0 Å². The van der Waals surface area contributed by atoms with Gasteiger partial charge in [-0.2, -0.15) is 0 Å². The first-order valence-corrected chi connectivity index (χ1v) is 6.93. The number of aliphatic hydroxyl groups is 1. The van der Waals surface area contributed by atoms with E-state index in [0.29, 0.717) is 0 Å². The molecule has 0 bridgehead atoms. The van der Waals surface area contributed by atoms with Crippen molar-refractivity contribution >= 4 is 11.6 Å². The van der Waals surface area contributed by atoms with Crippen LogP contribution in [0.1, 0.15) is 33.6 Å². The number of ether oxygens (including phenoxy) is 2. The molecule has 0 fully saturated rings. The average molecular weight is 294 g/mol. The van der Waals surface area contributed by atoms with Crippen molar-refractivity contribution in [2.45, 2.75) is 45.3 Å². The van der Waals surface area contributed by atoms with E-state index in [1.165, 1.54) is 14.0 Å². The van der Waals surface area contributed by atoms with Gasteiger partial charge in [-0.05, 0) is 26.3 Å². The first-order valence-electron chi connectivity index (χ1n) is 6.93. The third kappa shape index (κ3) is 4.04. The number of Topliss-reactive ketones (excluding diaryl/α,β-unsaturated/α-hetero) is 2. The molecule has 21 heavy (non-hydrogen) atoms. The summed E-state index contributed by atoms with van der Waals surface area (Å²) >= 11 is 0. The predicted octanol–water partition coefficient (Wildman–Crippen LogP) is 2.06. The monoisotopic (exact) mass is 294 g/mol. The molecule has 0 radical (unpaired) electrons. The lowest BCUT2D eigenvalue weighted by Gasteiger charge is -2.18. The zero-order valence-corrected chi connectivity index (χ0v) is 12.9. The smallest absolute Gasteiger partial charge is 0.295 e. The van der Waals surface area contributed by atoms with Crippen molar-refractivity contribution in [3.8, 4) is 0 Å². The second kappa shape index (κ2) is 7.22. The third-order valence-corrected chi connectivity index (χ3v) is 3.03.